The van der Waals surface area contributed by atoms with Gasteiger partial charge in [-0.05, 0) is 23.8 Å². The van der Waals surface area contributed by atoms with Crippen molar-refractivity contribution in [3.63, 3.8) is 0 Å². The molecule has 0 aliphatic rings. The number of hydrogen-bond acceptors (Lipinski definition) is 3. The van der Waals surface area contributed by atoms with Gasteiger partial charge in [-0.2, -0.15) is 0 Å². The Hall–Kier alpha value is -1.94. The third-order valence-corrected chi connectivity index (χ3v) is 2.77. The maximum Gasteiger partial charge on any atom is 0.508 e. The second-order valence-corrected chi connectivity index (χ2v) is 4.15. The summed E-state index contributed by atoms with van der Waals surface area (Å²) in [5.41, 5.74) is 2.49. The molecule has 2 heterocycles. The Labute approximate surface area is 109 Å². The molecule has 94 valence electrons. The maximum absolute atomic E-state index is 10.9. The number of ether oxygens (including phenoxy) is 2. The molecule has 0 saturated heterocycles. The molecule has 0 amide bonds. The average Bonchev–Trinajstić information content (AvgIpc) is 2.78. The van der Waals surface area contributed by atoms with Gasteiger partial charge in [-0.25, -0.2) is 4.79 Å². The summed E-state index contributed by atoms with van der Waals surface area (Å²) < 4.78 is 11.2. The van der Waals surface area contributed by atoms with Crippen LogP contribution in [0.2, 0.25) is 5.02 Å². The average molecular weight is 266 g/mol. The van der Waals surface area contributed by atoms with Crippen LogP contribution in [-0.2, 0) is 9.47 Å². The van der Waals surface area contributed by atoms with Crippen LogP contribution < -0.4 is 0 Å². The van der Waals surface area contributed by atoms with E-state index in [1.165, 1.54) is 7.11 Å². The maximum atomic E-state index is 10.9. The third kappa shape index (κ3) is 2.49. The molecule has 0 bridgehead atoms. The summed E-state index contributed by atoms with van der Waals surface area (Å²) in [4.78, 5) is 10.9. The molecular weight excluding hydrogens is 254 g/mol. The summed E-state index contributed by atoms with van der Waals surface area (Å²) in [7, 11) is 1.26. The molecule has 5 heteroatoms. The van der Waals surface area contributed by atoms with Crippen LogP contribution >= 0.6 is 11.6 Å². The van der Waals surface area contributed by atoms with Crippen LogP contribution in [0.5, 0.6) is 0 Å². The van der Waals surface area contributed by atoms with Crippen molar-refractivity contribution in [3.05, 3.63) is 47.8 Å². The van der Waals surface area contributed by atoms with Gasteiger partial charge in [0.15, 0.2) is 0 Å². The minimum absolute atomic E-state index is 0.0822. The Balaban J connectivity index is 2.22. The highest BCUT2D eigenvalue weighted by Gasteiger charge is 2.09. The van der Waals surface area contributed by atoms with E-state index in [2.05, 4.69) is 11.3 Å². The van der Waals surface area contributed by atoms with Crippen LogP contribution in [-0.4, -0.2) is 24.3 Å². The van der Waals surface area contributed by atoms with Crippen LogP contribution in [0.15, 0.2) is 37.2 Å². The van der Waals surface area contributed by atoms with E-state index in [9.17, 15) is 4.79 Å². The number of aromatic nitrogens is 1. The van der Waals surface area contributed by atoms with Crippen molar-refractivity contribution < 1.29 is 14.3 Å². The van der Waals surface area contributed by atoms with Gasteiger partial charge in [0.1, 0.15) is 6.61 Å². The van der Waals surface area contributed by atoms with Crippen molar-refractivity contribution >= 4 is 28.8 Å². The molecule has 2 aromatic heterocycles. The van der Waals surface area contributed by atoms with Gasteiger partial charge < -0.3 is 13.9 Å². The second kappa shape index (κ2) is 5.14. The summed E-state index contributed by atoms with van der Waals surface area (Å²) in [6.07, 6.45) is 3.03. The molecule has 0 aliphatic heterocycles. The van der Waals surface area contributed by atoms with E-state index in [1.54, 1.807) is 6.07 Å². The van der Waals surface area contributed by atoms with Gasteiger partial charge in [0, 0.05) is 23.0 Å². The number of carbonyl (C=O) groups is 1. The predicted molar refractivity (Wildman–Crippen MR) is 69.8 cm³/mol. The molecule has 2 aromatic rings. The molecule has 0 N–H and O–H groups in total. The molecule has 0 fully saturated rings. The van der Waals surface area contributed by atoms with E-state index in [-0.39, 0.29) is 6.61 Å². The Morgan fingerprint density at radius 3 is 2.89 bits per heavy atom. The molecule has 4 nitrogen and oxygen atoms in total. The number of nitrogens with zero attached hydrogens (tertiary/aromatic N) is 1. The SMILES string of the molecule is C=C(COC(=O)OC)c1ccn2ccc(Cl)cc12. The molecule has 0 aliphatic carbocycles. The zero-order valence-electron chi connectivity index (χ0n) is 9.85. The van der Waals surface area contributed by atoms with Gasteiger partial charge in [0.05, 0.1) is 12.6 Å². The summed E-state index contributed by atoms with van der Waals surface area (Å²) in [5.74, 6) is 0. The minimum atomic E-state index is -0.724. The van der Waals surface area contributed by atoms with E-state index in [0.717, 1.165) is 11.1 Å². The molecular formula is C13H12ClNO3. The first-order valence-corrected chi connectivity index (χ1v) is 5.64. The van der Waals surface area contributed by atoms with Gasteiger partial charge in [-0.15, -0.1) is 0 Å². The standard InChI is InChI=1S/C13H12ClNO3/c1-9(8-18-13(16)17-2)11-4-6-15-5-3-10(14)7-12(11)15/h3-7H,1,8H2,2H3. The summed E-state index contributed by atoms with van der Waals surface area (Å²) in [6.45, 7) is 3.98. The van der Waals surface area contributed by atoms with E-state index < -0.39 is 6.16 Å². The fraction of sp³-hybridized carbons (Fsp3) is 0.154. The number of hydrogen-bond donors (Lipinski definition) is 0. The molecule has 18 heavy (non-hydrogen) atoms. The van der Waals surface area contributed by atoms with E-state index in [0.29, 0.717) is 10.6 Å². The van der Waals surface area contributed by atoms with Crippen molar-refractivity contribution in [2.75, 3.05) is 13.7 Å². The van der Waals surface area contributed by atoms with E-state index in [4.69, 9.17) is 16.3 Å². The molecule has 0 aromatic carbocycles. The van der Waals surface area contributed by atoms with Crippen LogP contribution in [0.3, 0.4) is 0 Å². The first-order valence-electron chi connectivity index (χ1n) is 5.27. The fourth-order valence-electron chi connectivity index (χ4n) is 1.65. The monoisotopic (exact) mass is 265 g/mol. The van der Waals surface area contributed by atoms with Gasteiger partial charge >= 0.3 is 6.16 Å². The van der Waals surface area contributed by atoms with Gasteiger partial charge in [-0.1, -0.05) is 18.2 Å². The lowest BCUT2D eigenvalue weighted by Crippen LogP contribution is -2.06. The number of halogens is 1. The van der Waals surface area contributed by atoms with Gasteiger partial charge in [0.2, 0.25) is 0 Å². The number of carbonyl (C=O) groups excluding carboxylic acids is 1. The van der Waals surface area contributed by atoms with Crippen LogP contribution in [0.4, 0.5) is 4.79 Å². The first kappa shape index (κ1) is 12.5. The Kier molecular flexibility index (Phi) is 3.58. The Bertz CT molecular complexity index is 603. The van der Waals surface area contributed by atoms with E-state index in [1.807, 2.05) is 28.9 Å². The zero-order valence-corrected chi connectivity index (χ0v) is 10.6. The van der Waals surface area contributed by atoms with Crippen LogP contribution in [0.25, 0.3) is 11.1 Å². The lowest BCUT2D eigenvalue weighted by atomic mass is 10.1. The second-order valence-electron chi connectivity index (χ2n) is 3.71. The van der Waals surface area contributed by atoms with Crippen molar-refractivity contribution in [1.82, 2.24) is 4.40 Å². The molecule has 0 saturated carbocycles. The molecule has 2 rings (SSSR count). The van der Waals surface area contributed by atoms with Crippen molar-refractivity contribution in [2.24, 2.45) is 0 Å². The Morgan fingerprint density at radius 2 is 2.17 bits per heavy atom. The molecule has 0 atom stereocenters. The zero-order chi connectivity index (χ0) is 13.1. The largest absolute Gasteiger partial charge is 0.508 e. The molecule has 0 unspecified atom stereocenters. The lowest BCUT2D eigenvalue weighted by molar-refractivity contribution is 0.0833. The molecule has 0 radical (unpaired) electrons. The number of rotatable bonds is 3. The van der Waals surface area contributed by atoms with Crippen LogP contribution in [0.1, 0.15) is 5.56 Å². The predicted octanol–water partition coefficient (Wildman–Crippen LogP) is 3.39. The van der Waals surface area contributed by atoms with Crippen molar-refractivity contribution in [3.8, 4) is 0 Å². The minimum Gasteiger partial charge on any atom is -0.438 e. The smallest absolute Gasteiger partial charge is 0.438 e. The normalized spacial score (nSPS) is 10.3. The number of methoxy groups -OCH3 is 1. The fourth-order valence-corrected chi connectivity index (χ4v) is 1.81. The highest BCUT2D eigenvalue weighted by Crippen LogP contribution is 2.23. The quantitative estimate of drug-likeness (QED) is 0.799. The van der Waals surface area contributed by atoms with Crippen molar-refractivity contribution in [2.45, 2.75) is 0 Å². The van der Waals surface area contributed by atoms with Gasteiger partial charge in [-0.3, -0.25) is 0 Å². The summed E-state index contributed by atoms with van der Waals surface area (Å²) in [6, 6.07) is 5.53. The number of pyridine rings is 1. The number of fused-ring (bicyclic) bond motifs is 1. The summed E-state index contributed by atoms with van der Waals surface area (Å²) >= 11 is 5.95. The van der Waals surface area contributed by atoms with E-state index >= 15 is 0 Å². The summed E-state index contributed by atoms with van der Waals surface area (Å²) in [5, 5.41) is 0.643. The topological polar surface area (TPSA) is 39.9 Å². The lowest BCUT2D eigenvalue weighted by Gasteiger charge is -2.06. The Morgan fingerprint density at radius 1 is 1.44 bits per heavy atom. The highest BCUT2D eigenvalue weighted by molar-refractivity contribution is 6.30. The van der Waals surface area contributed by atoms with Gasteiger partial charge in [0.25, 0.3) is 0 Å². The highest BCUT2D eigenvalue weighted by atomic mass is 35.5. The molecule has 0 spiro atoms. The first-order chi connectivity index (χ1) is 8.61. The van der Waals surface area contributed by atoms with Crippen LogP contribution in [0, 0.1) is 0 Å². The van der Waals surface area contributed by atoms with Crippen molar-refractivity contribution in [1.29, 1.82) is 0 Å². The third-order valence-electron chi connectivity index (χ3n) is 2.54.